The molecule has 2 fully saturated rings. The van der Waals surface area contributed by atoms with Gasteiger partial charge in [-0.05, 0) is 82.3 Å². The minimum atomic E-state index is -0.263. The van der Waals surface area contributed by atoms with Crippen molar-refractivity contribution in [3.63, 3.8) is 0 Å². The Morgan fingerprint density at radius 1 is 0.714 bits per heavy atom. The number of benzene rings is 2. The van der Waals surface area contributed by atoms with Gasteiger partial charge >= 0.3 is 11.9 Å². The molecule has 1 N–H and O–H groups in total. The normalized spacial score (nSPS) is 21.9. The standard InChI is InChI=1S/C16H22O3.C16H20O3.CH2Cl2.CH4/c2*1-12(17)14-7-9-15(10-8-14)16(18)19-11-13-5-3-2-4-6-13;2-1-3;/h2-6,12,14-15,17H,7-11H2,1H3;2-6,14-15H,7-11H2,1H3;1H2;1H4. The molecule has 4 rings (SSSR count). The maximum atomic E-state index is 12.0. The molecule has 0 aliphatic heterocycles. The largest absolute Gasteiger partial charge is 0.461 e. The van der Waals surface area contributed by atoms with Gasteiger partial charge in [0.05, 0.1) is 23.3 Å². The second-order valence-corrected chi connectivity index (χ2v) is 11.6. The zero-order valence-corrected chi connectivity index (χ0v) is 25.7. The first-order valence-electron chi connectivity index (χ1n) is 14.5. The van der Waals surface area contributed by atoms with E-state index in [9.17, 15) is 19.5 Å². The lowest BCUT2D eigenvalue weighted by Gasteiger charge is -2.28. The Kier molecular flexibility index (Phi) is 19.1. The smallest absolute Gasteiger partial charge is 0.309 e. The SMILES string of the molecule is C.CC(=O)C1CCC(C(=O)OCc2ccccc2)CC1.CC(O)C1CCC(C(=O)OCc2ccccc2)CC1.ClCCl. The fourth-order valence-corrected chi connectivity index (χ4v) is 5.27. The van der Waals surface area contributed by atoms with Crippen molar-refractivity contribution in [3.05, 3.63) is 71.8 Å². The third-order valence-corrected chi connectivity index (χ3v) is 7.87. The Labute approximate surface area is 262 Å². The van der Waals surface area contributed by atoms with Crippen molar-refractivity contribution < 1.29 is 29.0 Å². The van der Waals surface area contributed by atoms with Gasteiger partial charge in [-0.15, -0.1) is 23.2 Å². The van der Waals surface area contributed by atoms with Gasteiger partial charge in [0.1, 0.15) is 19.0 Å². The van der Waals surface area contributed by atoms with Crippen molar-refractivity contribution in [2.75, 3.05) is 5.34 Å². The molecule has 2 aliphatic carbocycles. The Morgan fingerprint density at radius 2 is 1.05 bits per heavy atom. The van der Waals surface area contributed by atoms with E-state index in [-0.39, 0.29) is 54.3 Å². The summed E-state index contributed by atoms with van der Waals surface area (Å²) in [5.74, 6) is 0.518. The summed E-state index contributed by atoms with van der Waals surface area (Å²) in [4.78, 5) is 35.2. The van der Waals surface area contributed by atoms with Crippen molar-refractivity contribution in [1.29, 1.82) is 0 Å². The quantitative estimate of drug-likeness (QED) is 0.236. The summed E-state index contributed by atoms with van der Waals surface area (Å²) in [5.41, 5.74) is 2.03. The van der Waals surface area contributed by atoms with Crippen LogP contribution in [0.5, 0.6) is 0 Å². The summed E-state index contributed by atoms with van der Waals surface area (Å²) in [7, 11) is 0. The number of aliphatic hydroxyl groups is 1. The summed E-state index contributed by atoms with van der Waals surface area (Å²) < 4.78 is 10.7. The van der Waals surface area contributed by atoms with Crippen LogP contribution in [0, 0.1) is 23.7 Å². The maximum Gasteiger partial charge on any atom is 0.309 e. The fourth-order valence-electron chi connectivity index (χ4n) is 5.27. The average Bonchev–Trinajstić information content (AvgIpc) is 3.00. The van der Waals surface area contributed by atoms with E-state index < -0.39 is 0 Å². The molecule has 1 unspecified atom stereocenters. The van der Waals surface area contributed by atoms with Crippen molar-refractivity contribution >= 4 is 40.9 Å². The number of hydrogen-bond acceptors (Lipinski definition) is 6. The van der Waals surface area contributed by atoms with Gasteiger partial charge in [-0.1, -0.05) is 68.1 Å². The Bertz CT molecular complexity index is 1010. The van der Waals surface area contributed by atoms with Crippen LogP contribution >= 0.6 is 23.2 Å². The first-order valence-corrected chi connectivity index (χ1v) is 15.5. The van der Waals surface area contributed by atoms with Crippen molar-refractivity contribution in [2.45, 2.75) is 92.0 Å². The first kappa shape index (κ1) is 37.6. The van der Waals surface area contributed by atoms with Crippen LogP contribution in [0.2, 0.25) is 0 Å². The Hall–Kier alpha value is -2.41. The number of hydrogen-bond donors (Lipinski definition) is 1. The van der Waals surface area contributed by atoms with Gasteiger partial charge in [-0.25, -0.2) is 0 Å². The molecule has 6 nitrogen and oxygen atoms in total. The number of Topliss-reactive ketones (excluding diaryl/α,β-unsaturated/α-hetero) is 1. The molecule has 0 amide bonds. The summed E-state index contributed by atoms with van der Waals surface area (Å²) >= 11 is 9.53. The van der Waals surface area contributed by atoms with Gasteiger partial charge < -0.3 is 14.6 Å². The maximum absolute atomic E-state index is 12.0. The zero-order chi connectivity index (χ0) is 30.0. The summed E-state index contributed by atoms with van der Waals surface area (Å²) in [6.45, 7) is 4.17. The van der Waals surface area contributed by atoms with Crippen LogP contribution in [0.15, 0.2) is 60.7 Å². The van der Waals surface area contributed by atoms with Gasteiger partial charge in [0.15, 0.2) is 0 Å². The monoisotopic (exact) mass is 622 g/mol. The average molecular weight is 624 g/mol. The summed E-state index contributed by atoms with van der Waals surface area (Å²) in [6.07, 6.45) is 6.44. The van der Waals surface area contributed by atoms with Crippen LogP contribution in [-0.4, -0.2) is 34.3 Å². The molecule has 2 aliphatic rings. The molecule has 2 saturated carbocycles. The number of esters is 2. The highest BCUT2D eigenvalue weighted by molar-refractivity contribution is 6.40. The summed E-state index contributed by atoms with van der Waals surface area (Å²) in [6, 6.07) is 19.4. The number of ether oxygens (including phenoxy) is 2. The minimum absolute atomic E-state index is 0. The molecular weight excluding hydrogens is 575 g/mol. The number of carbonyl (C=O) groups excluding carboxylic acids is 3. The lowest BCUT2D eigenvalue weighted by atomic mass is 9.80. The first-order chi connectivity index (χ1) is 19.7. The highest BCUT2D eigenvalue weighted by Crippen LogP contribution is 2.32. The van der Waals surface area contributed by atoms with Crippen LogP contribution in [0.25, 0.3) is 0 Å². The predicted octanol–water partition coefficient (Wildman–Crippen LogP) is 8.10. The lowest BCUT2D eigenvalue weighted by molar-refractivity contribution is -0.152. The minimum Gasteiger partial charge on any atom is -0.461 e. The molecule has 2 aromatic carbocycles. The van der Waals surface area contributed by atoms with E-state index in [1.54, 1.807) is 6.92 Å². The number of alkyl halides is 2. The highest BCUT2D eigenvalue weighted by Gasteiger charge is 2.30. The van der Waals surface area contributed by atoms with Crippen molar-refractivity contribution in [2.24, 2.45) is 23.7 Å². The third-order valence-electron chi connectivity index (χ3n) is 7.87. The number of aliphatic hydroxyl groups excluding tert-OH is 1. The van der Waals surface area contributed by atoms with E-state index in [0.717, 1.165) is 62.5 Å². The highest BCUT2D eigenvalue weighted by atomic mass is 35.5. The molecule has 0 saturated heterocycles. The van der Waals surface area contributed by atoms with Crippen molar-refractivity contribution in [1.82, 2.24) is 0 Å². The molecule has 0 radical (unpaired) electrons. The Morgan fingerprint density at radius 3 is 1.38 bits per heavy atom. The van der Waals surface area contributed by atoms with E-state index in [0.29, 0.717) is 19.1 Å². The second-order valence-electron chi connectivity index (χ2n) is 10.8. The number of carbonyl (C=O) groups is 3. The van der Waals surface area contributed by atoms with Crippen LogP contribution in [0.4, 0.5) is 0 Å². The van der Waals surface area contributed by atoms with Crippen LogP contribution in [-0.2, 0) is 37.1 Å². The topological polar surface area (TPSA) is 89.9 Å². The summed E-state index contributed by atoms with van der Waals surface area (Å²) in [5, 5.41) is 9.73. The number of ketones is 1. The second kappa shape index (κ2) is 21.3. The molecule has 0 aromatic heterocycles. The predicted molar refractivity (Wildman–Crippen MR) is 169 cm³/mol. The van der Waals surface area contributed by atoms with Crippen LogP contribution in [0.1, 0.15) is 83.8 Å². The van der Waals surface area contributed by atoms with Gasteiger partial charge in [-0.2, -0.15) is 0 Å². The molecule has 42 heavy (non-hydrogen) atoms. The molecular formula is C34H48Cl2O6. The van der Waals surface area contributed by atoms with Gasteiger partial charge in [0.25, 0.3) is 0 Å². The van der Waals surface area contributed by atoms with E-state index in [1.807, 2.05) is 67.6 Å². The molecule has 2 aromatic rings. The van der Waals surface area contributed by atoms with E-state index >= 15 is 0 Å². The fraction of sp³-hybridized carbons (Fsp3) is 0.559. The number of rotatable bonds is 8. The van der Waals surface area contributed by atoms with E-state index in [2.05, 4.69) is 0 Å². The zero-order valence-electron chi connectivity index (χ0n) is 24.2. The Balaban J connectivity index is 0.000000376. The molecule has 1 atom stereocenters. The molecule has 234 valence electrons. The molecule has 0 heterocycles. The van der Waals surface area contributed by atoms with E-state index in [4.69, 9.17) is 32.7 Å². The number of halogens is 2. The van der Waals surface area contributed by atoms with Crippen LogP contribution < -0.4 is 0 Å². The molecule has 0 bridgehead atoms. The van der Waals surface area contributed by atoms with Gasteiger partial charge in [0.2, 0.25) is 0 Å². The third kappa shape index (κ3) is 14.2. The van der Waals surface area contributed by atoms with Crippen molar-refractivity contribution in [3.8, 4) is 0 Å². The molecule has 0 spiro atoms. The molecule has 8 heteroatoms. The van der Waals surface area contributed by atoms with Crippen LogP contribution in [0.3, 0.4) is 0 Å². The van der Waals surface area contributed by atoms with Gasteiger partial charge in [0, 0.05) is 5.92 Å². The van der Waals surface area contributed by atoms with Gasteiger partial charge in [-0.3, -0.25) is 14.4 Å². The van der Waals surface area contributed by atoms with E-state index in [1.165, 1.54) is 0 Å². The lowest BCUT2D eigenvalue weighted by Crippen LogP contribution is -2.28.